The summed E-state index contributed by atoms with van der Waals surface area (Å²) in [6.45, 7) is 0.129. The molecule has 1 aromatic rings. The van der Waals surface area contributed by atoms with E-state index in [2.05, 4.69) is 4.99 Å². The molecule has 0 spiro atoms. The number of carbonyl (C=O) groups is 1. The standard InChI is InChI=1S/C10H10N2O3S/c13-7-3-6-12-8-11-9-4-1-2-5-10(9)16(12,14)15/h1-2,4-5,7-8H,3,6H2. The normalized spacial score (nSPS) is 16.9. The van der Waals surface area contributed by atoms with Gasteiger partial charge in [-0.1, -0.05) is 12.1 Å². The van der Waals surface area contributed by atoms with Gasteiger partial charge in [0.15, 0.2) is 0 Å². The van der Waals surface area contributed by atoms with Crippen molar-refractivity contribution in [3.8, 4) is 0 Å². The number of rotatable bonds is 3. The van der Waals surface area contributed by atoms with Crippen LogP contribution in [0.4, 0.5) is 5.69 Å². The van der Waals surface area contributed by atoms with Crippen LogP contribution in [-0.4, -0.2) is 31.9 Å². The molecule has 0 fully saturated rings. The molecule has 5 nitrogen and oxygen atoms in total. The van der Waals surface area contributed by atoms with Gasteiger partial charge in [-0.3, -0.25) is 4.31 Å². The van der Waals surface area contributed by atoms with E-state index in [1.165, 1.54) is 12.4 Å². The molecule has 0 amide bonds. The topological polar surface area (TPSA) is 66.8 Å². The van der Waals surface area contributed by atoms with E-state index in [9.17, 15) is 13.2 Å². The molecule has 0 bridgehead atoms. The van der Waals surface area contributed by atoms with Crippen molar-refractivity contribution in [3.63, 3.8) is 0 Å². The van der Waals surface area contributed by atoms with Crippen LogP contribution in [-0.2, 0) is 14.8 Å². The lowest BCUT2D eigenvalue weighted by Gasteiger charge is -2.22. The van der Waals surface area contributed by atoms with Crippen LogP contribution < -0.4 is 0 Å². The second-order valence-corrected chi connectivity index (χ2v) is 5.14. The number of hydrogen-bond acceptors (Lipinski definition) is 4. The maximum atomic E-state index is 12.0. The Morgan fingerprint density at radius 2 is 2.06 bits per heavy atom. The highest BCUT2D eigenvalue weighted by Crippen LogP contribution is 2.29. The summed E-state index contributed by atoms with van der Waals surface area (Å²) >= 11 is 0. The Kier molecular flexibility index (Phi) is 2.74. The molecule has 0 unspecified atom stereocenters. The Hall–Kier alpha value is -1.69. The Balaban J connectivity index is 2.42. The van der Waals surface area contributed by atoms with Crippen LogP contribution in [0.5, 0.6) is 0 Å². The number of sulfonamides is 1. The van der Waals surface area contributed by atoms with Crippen molar-refractivity contribution in [2.24, 2.45) is 4.99 Å². The van der Waals surface area contributed by atoms with Gasteiger partial charge in [-0.05, 0) is 12.1 Å². The Morgan fingerprint density at radius 3 is 2.81 bits per heavy atom. The summed E-state index contributed by atoms with van der Waals surface area (Å²) in [6.07, 6.45) is 2.10. The third kappa shape index (κ3) is 1.71. The summed E-state index contributed by atoms with van der Waals surface area (Å²) in [5, 5.41) is 0. The van der Waals surface area contributed by atoms with Crippen molar-refractivity contribution < 1.29 is 13.2 Å². The zero-order valence-corrected chi connectivity index (χ0v) is 9.22. The zero-order chi connectivity index (χ0) is 11.6. The van der Waals surface area contributed by atoms with Crippen LogP contribution >= 0.6 is 0 Å². The van der Waals surface area contributed by atoms with Gasteiger partial charge in [-0.15, -0.1) is 0 Å². The molecule has 1 aliphatic rings. The van der Waals surface area contributed by atoms with Crippen molar-refractivity contribution in [2.45, 2.75) is 11.3 Å². The van der Waals surface area contributed by atoms with Gasteiger partial charge in [-0.2, -0.15) is 0 Å². The monoisotopic (exact) mass is 238 g/mol. The number of nitrogens with zero attached hydrogens (tertiary/aromatic N) is 2. The molecule has 0 aromatic heterocycles. The smallest absolute Gasteiger partial charge is 0.267 e. The minimum Gasteiger partial charge on any atom is -0.303 e. The molecule has 1 aliphatic heterocycles. The lowest BCUT2D eigenvalue weighted by Crippen LogP contribution is -2.32. The number of fused-ring (bicyclic) bond motifs is 1. The van der Waals surface area contributed by atoms with Gasteiger partial charge in [-0.25, -0.2) is 13.4 Å². The second-order valence-electron chi connectivity index (χ2n) is 3.28. The predicted octanol–water partition coefficient (Wildman–Crippen LogP) is 0.940. The first-order valence-corrected chi connectivity index (χ1v) is 6.19. The summed E-state index contributed by atoms with van der Waals surface area (Å²) < 4.78 is 25.1. The summed E-state index contributed by atoms with van der Waals surface area (Å²) in [5.41, 5.74) is 0.435. The molecule has 2 rings (SSSR count). The van der Waals surface area contributed by atoms with E-state index in [0.717, 1.165) is 4.31 Å². The number of benzene rings is 1. The Bertz CT molecular complexity index is 537. The quantitative estimate of drug-likeness (QED) is 0.736. The van der Waals surface area contributed by atoms with Crippen LogP contribution in [0.1, 0.15) is 6.42 Å². The summed E-state index contributed by atoms with van der Waals surface area (Å²) in [6, 6.07) is 6.53. The first-order valence-electron chi connectivity index (χ1n) is 4.75. The first kappa shape index (κ1) is 10.8. The van der Waals surface area contributed by atoms with E-state index in [1.807, 2.05) is 0 Å². The molecular formula is C10H10N2O3S. The van der Waals surface area contributed by atoms with Crippen molar-refractivity contribution >= 4 is 28.3 Å². The molecule has 1 aromatic carbocycles. The van der Waals surface area contributed by atoms with E-state index < -0.39 is 10.0 Å². The maximum absolute atomic E-state index is 12.0. The van der Waals surface area contributed by atoms with Crippen LogP contribution in [0, 0.1) is 0 Å². The average Bonchev–Trinajstić information content (AvgIpc) is 2.28. The van der Waals surface area contributed by atoms with Crippen LogP contribution in [0.2, 0.25) is 0 Å². The van der Waals surface area contributed by atoms with E-state index >= 15 is 0 Å². The number of aliphatic imine (C=N–C) groups is 1. The van der Waals surface area contributed by atoms with Gasteiger partial charge in [0.2, 0.25) is 0 Å². The summed E-state index contributed by atoms with van der Waals surface area (Å²) in [5.74, 6) is 0. The minimum atomic E-state index is -3.53. The highest BCUT2D eigenvalue weighted by molar-refractivity contribution is 7.89. The molecule has 1 heterocycles. The first-order chi connectivity index (χ1) is 7.66. The van der Waals surface area contributed by atoms with Crippen LogP contribution in [0.15, 0.2) is 34.2 Å². The molecule has 0 N–H and O–H groups in total. The van der Waals surface area contributed by atoms with E-state index in [4.69, 9.17) is 0 Å². The SMILES string of the molecule is O=CCCN1C=Nc2ccccc2S1(=O)=O. The molecule has 0 saturated heterocycles. The van der Waals surface area contributed by atoms with E-state index in [0.29, 0.717) is 12.0 Å². The van der Waals surface area contributed by atoms with Crippen molar-refractivity contribution in [1.29, 1.82) is 0 Å². The number of aldehydes is 1. The van der Waals surface area contributed by atoms with Gasteiger partial charge < -0.3 is 4.79 Å². The molecule has 0 radical (unpaired) electrons. The van der Waals surface area contributed by atoms with E-state index in [-0.39, 0.29) is 17.9 Å². The fourth-order valence-corrected chi connectivity index (χ4v) is 2.86. The average molecular weight is 238 g/mol. The number of carbonyl (C=O) groups excluding carboxylic acids is 1. The molecule has 0 aliphatic carbocycles. The minimum absolute atomic E-state index is 0.129. The molecule has 84 valence electrons. The van der Waals surface area contributed by atoms with Crippen LogP contribution in [0.25, 0.3) is 0 Å². The van der Waals surface area contributed by atoms with E-state index in [1.54, 1.807) is 18.2 Å². The van der Waals surface area contributed by atoms with Crippen molar-refractivity contribution in [1.82, 2.24) is 4.31 Å². The summed E-state index contributed by atoms with van der Waals surface area (Å²) in [4.78, 5) is 14.5. The molecule has 0 saturated carbocycles. The number of para-hydroxylation sites is 1. The Labute approximate surface area is 93.5 Å². The third-order valence-corrected chi connectivity index (χ3v) is 4.04. The molecule has 6 heteroatoms. The van der Waals surface area contributed by atoms with Gasteiger partial charge in [0.25, 0.3) is 10.0 Å². The zero-order valence-electron chi connectivity index (χ0n) is 8.41. The molecule has 0 atom stereocenters. The highest BCUT2D eigenvalue weighted by atomic mass is 32.2. The van der Waals surface area contributed by atoms with Crippen LogP contribution in [0.3, 0.4) is 0 Å². The lowest BCUT2D eigenvalue weighted by molar-refractivity contribution is -0.107. The fraction of sp³-hybridized carbons (Fsp3) is 0.200. The Morgan fingerprint density at radius 1 is 1.31 bits per heavy atom. The van der Waals surface area contributed by atoms with Gasteiger partial charge in [0.05, 0.1) is 5.69 Å². The van der Waals surface area contributed by atoms with Gasteiger partial charge in [0, 0.05) is 13.0 Å². The van der Waals surface area contributed by atoms with Gasteiger partial charge >= 0.3 is 0 Å². The molecule has 16 heavy (non-hydrogen) atoms. The summed E-state index contributed by atoms with van der Waals surface area (Å²) in [7, 11) is -3.53. The van der Waals surface area contributed by atoms with Crippen molar-refractivity contribution in [2.75, 3.05) is 6.54 Å². The maximum Gasteiger partial charge on any atom is 0.267 e. The fourth-order valence-electron chi connectivity index (χ4n) is 1.45. The van der Waals surface area contributed by atoms with Crippen molar-refractivity contribution in [3.05, 3.63) is 24.3 Å². The molecular weight excluding hydrogens is 228 g/mol. The predicted molar refractivity (Wildman–Crippen MR) is 59.2 cm³/mol. The number of hydrogen-bond donors (Lipinski definition) is 0. The highest BCUT2D eigenvalue weighted by Gasteiger charge is 2.27. The largest absolute Gasteiger partial charge is 0.303 e. The van der Waals surface area contributed by atoms with Gasteiger partial charge in [0.1, 0.15) is 17.5 Å². The second kappa shape index (κ2) is 4.05. The third-order valence-electron chi connectivity index (χ3n) is 2.24. The lowest BCUT2D eigenvalue weighted by atomic mass is 10.3.